The van der Waals surface area contributed by atoms with Gasteiger partial charge in [0, 0.05) is 30.3 Å². The fourth-order valence-corrected chi connectivity index (χ4v) is 2.30. The van der Waals surface area contributed by atoms with Gasteiger partial charge in [-0.25, -0.2) is 0 Å². The Balaban J connectivity index is 2.09. The van der Waals surface area contributed by atoms with Crippen LogP contribution in [-0.2, 0) is 4.79 Å². The van der Waals surface area contributed by atoms with Crippen LogP contribution in [0.4, 0.5) is 5.69 Å². The molecular weight excluding hydrogens is 280 g/mol. The average Bonchev–Trinajstić information content (AvgIpc) is 3.28. The fourth-order valence-electron chi connectivity index (χ4n) is 2.30. The molecule has 0 aliphatic heterocycles. The van der Waals surface area contributed by atoms with Crippen LogP contribution in [0.3, 0.4) is 0 Å². The van der Waals surface area contributed by atoms with Gasteiger partial charge in [0.15, 0.2) is 0 Å². The third kappa shape index (κ3) is 4.56. The number of nitrogens with one attached hydrogen (secondary N) is 1. The van der Waals surface area contributed by atoms with Crippen LogP contribution in [-0.4, -0.2) is 40.5 Å². The molecule has 5 heteroatoms. The van der Waals surface area contributed by atoms with Gasteiger partial charge >= 0.3 is 0 Å². The minimum atomic E-state index is -0.941. The lowest BCUT2D eigenvalue weighted by Gasteiger charge is -2.28. The van der Waals surface area contributed by atoms with Gasteiger partial charge in [-0.1, -0.05) is 6.07 Å². The minimum absolute atomic E-state index is 0.0217. The summed E-state index contributed by atoms with van der Waals surface area (Å²) in [7, 11) is 0. The van der Waals surface area contributed by atoms with Gasteiger partial charge in [0.2, 0.25) is 5.91 Å². The van der Waals surface area contributed by atoms with Gasteiger partial charge in [-0.15, -0.1) is 0 Å². The van der Waals surface area contributed by atoms with Crippen LogP contribution in [0, 0.1) is 5.92 Å². The molecule has 1 saturated carbocycles. The lowest BCUT2D eigenvalue weighted by Crippen LogP contribution is -2.42. The Bertz CT molecular complexity index is 559. The molecule has 22 heavy (non-hydrogen) atoms. The first-order valence-electron chi connectivity index (χ1n) is 7.73. The number of carbonyl (C=O) groups excluding carboxylic acids is 2. The van der Waals surface area contributed by atoms with E-state index in [2.05, 4.69) is 5.32 Å². The van der Waals surface area contributed by atoms with E-state index < -0.39 is 5.60 Å². The highest BCUT2D eigenvalue weighted by Gasteiger charge is 2.29. The summed E-state index contributed by atoms with van der Waals surface area (Å²) < 4.78 is 0. The molecular formula is C17H24N2O3. The first kappa shape index (κ1) is 16.5. The average molecular weight is 304 g/mol. The molecule has 1 aliphatic rings. The number of nitrogens with zero attached hydrogens (tertiary/aromatic N) is 1. The Kier molecular flexibility index (Phi) is 4.86. The van der Waals surface area contributed by atoms with Crippen molar-refractivity contribution < 1.29 is 14.7 Å². The molecule has 2 rings (SSSR count). The third-order valence-corrected chi connectivity index (χ3v) is 3.57. The molecule has 2 amide bonds. The number of aliphatic hydroxyl groups is 1. The van der Waals surface area contributed by atoms with Crippen LogP contribution in [0.5, 0.6) is 0 Å². The lowest BCUT2D eigenvalue weighted by atomic mass is 10.1. The van der Waals surface area contributed by atoms with Gasteiger partial charge in [-0.05, 0) is 51.8 Å². The van der Waals surface area contributed by atoms with E-state index in [0.29, 0.717) is 17.8 Å². The number of rotatable bonds is 6. The topological polar surface area (TPSA) is 69.6 Å². The Hall–Kier alpha value is -1.88. The zero-order valence-corrected chi connectivity index (χ0v) is 13.4. The zero-order chi connectivity index (χ0) is 16.3. The van der Waals surface area contributed by atoms with Crippen LogP contribution in [0.25, 0.3) is 0 Å². The van der Waals surface area contributed by atoms with Gasteiger partial charge in [-0.2, -0.15) is 0 Å². The number of likely N-dealkylation sites (N-methyl/N-ethyl adjacent to an activating group) is 1. The Labute approximate surface area is 131 Å². The van der Waals surface area contributed by atoms with Crippen molar-refractivity contribution >= 4 is 17.5 Å². The highest BCUT2D eigenvalue weighted by atomic mass is 16.3. The van der Waals surface area contributed by atoms with Crippen molar-refractivity contribution in [2.75, 3.05) is 18.4 Å². The molecule has 0 spiro atoms. The highest BCUT2D eigenvalue weighted by molar-refractivity contribution is 5.98. The predicted octanol–water partition coefficient (Wildman–Crippen LogP) is 2.27. The normalized spacial score (nSPS) is 14.5. The van der Waals surface area contributed by atoms with Gasteiger partial charge in [0.1, 0.15) is 0 Å². The molecule has 120 valence electrons. The van der Waals surface area contributed by atoms with E-state index >= 15 is 0 Å². The van der Waals surface area contributed by atoms with E-state index in [1.54, 1.807) is 43.0 Å². The SMILES string of the molecule is CCN(CC(C)(C)O)C(=O)c1cccc(NC(=O)C2CC2)c1. The zero-order valence-electron chi connectivity index (χ0n) is 13.4. The van der Waals surface area contributed by atoms with Gasteiger partial charge in [0.25, 0.3) is 5.91 Å². The fraction of sp³-hybridized carbons (Fsp3) is 0.529. The molecule has 0 aromatic heterocycles. The summed E-state index contributed by atoms with van der Waals surface area (Å²) in [5, 5.41) is 12.8. The van der Waals surface area contributed by atoms with Crippen molar-refractivity contribution in [2.45, 2.75) is 39.2 Å². The van der Waals surface area contributed by atoms with Crippen molar-refractivity contribution in [2.24, 2.45) is 5.92 Å². The number of carbonyl (C=O) groups is 2. The highest BCUT2D eigenvalue weighted by Crippen LogP contribution is 2.30. The summed E-state index contributed by atoms with van der Waals surface area (Å²) in [5.74, 6) is 0.00210. The van der Waals surface area contributed by atoms with Crippen LogP contribution < -0.4 is 5.32 Å². The second-order valence-corrected chi connectivity index (χ2v) is 6.48. The first-order valence-corrected chi connectivity index (χ1v) is 7.73. The van der Waals surface area contributed by atoms with Crippen molar-refractivity contribution in [3.8, 4) is 0 Å². The Morgan fingerprint density at radius 2 is 2.05 bits per heavy atom. The third-order valence-electron chi connectivity index (χ3n) is 3.57. The van der Waals surface area contributed by atoms with Gasteiger partial charge in [-0.3, -0.25) is 9.59 Å². The van der Waals surface area contributed by atoms with Crippen LogP contribution in [0.2, 0.25) is 0 Å². The Morgan fingerprint density at radius 1 is 1.36 bits per heavy atom. The molecule has 2 N–H and O–H groups in total. The quantitative estimate of drug-likeness (QED) is 0.847. The molecule has 0 saturated heterocycles. The molecule has 5 nitrogen and oxygen atoms in total. The van der Waals surface area contributed by atoms with Crippen molar-refractivity contribution in [3.05, 3.63) is 29.8 Å². The molecule has 1 fully saturated rings. The van der Waals surface area contributed by atoms with Gasteiger partial charge in [0.05, 0.1) is 5.60 Å². The number of hydrogen-bond donors (Lipinski definition) is 2. The summed E-state index contributed by atoms with van der Waals surface area (Å²) in [6, 6.07) is 6.95. The summed E-state index contributed by atoms with van der Waals surface area (Å²) >= 11 is 0. The van der Waals surface area contributed by atoms with E-state index in [4.69, 9.17) is 0 Å². The first-order chi connectivity index (χ1) is 10.3. The number of amides is 2. The second-order valence-electron chi connectivity index (χ2n) is 6.48. The molecule has 0 radical (unpaired) electrons. The van der Waals surface area contributed by atoms with Crippen molar-refractivity contribution in [3.63, 3.8) is 0 Å². The molecule has 0 bridgehead atoms. The monoisotopic (exact) mass is 304 g/mol. The van der Waals surface area contributed by atoms with E-state index in [1.165, 1.54) is 0 Å². The molecule has 1 aromatic carbocycles. The summed E-state index contributed by atoms with van der Waals surface area (Å²) in [5.41, 5.74) is 0.213. The Morgan fingerprint density at radius 3 is 2.59 bits per heavy atom. The summed E-state index contributed by atoms with van der Waals surface area (Å²) in [6.07, 6.45) is 1.89. The van der Waals surface area contributed by atoms with Crippen LogP contribution in [0.1, 0.15) is 44.0 Å². The summed E-state index contributed by atoms with van der Waals surface area (Å²) in [6.45, 7) is 6.01. The largest absolute Gasteiger partial charge is 0.389 e. The molecule has 0 unspecified atom stereocenters. The van der Waals surface area contributed by atoms with E-state index in [0.717, 1.165) is 12.8 Å². The van der Waals surface area contributed by atoms with Crippen LogP contribution >= 0.6 is 0 Å². The number of anilines is 1. The number of hydrogen-bond acceptors (Lipinski definition) is 3. The van der Waals surface area contributed by atoms with Gasteiger partial charge < -0.3 is 15.3 Å². The minimum Gasteiger partial charge on any atom is -0.389 e. The lowest BCUT2D eigenvalue weighted by molar-refractivity contribution is -0.117. The molecule has 1 aromatic rings. The second kappa shape index (κ2) is 6.48. The standard InChI is InChI=1S/C17H24N2O3/c1-4-19(11-17(2,3)22)16(21)13-6-5-7-14(10-13)18-15(20)12-8-9-12/h5-7,10,12,22H,4,8-9,11H2,1-3H3,(H,18,20). The number of benzene rings is 1. The van der Waals surface area contributed by atoms with Crippen molar-refractivity contribution in [1.29, 1.82) is 0 Å². The predicted molar refractivity (Wildman–Crippen MR) is 85.7 cm³/mol. The maximum absolute atomic E-state index is 12.5. The maximum atomic E-state index is 12.5. The molecule has 0 atom stereocenters. The van der Waals surface area contributed by atoms with E-state index in [1.807, 2.05) is 6.92 Å². The smallest absolute Gasteiger partial charge is 0.254 e. The maximum Gasteiger partial charge on any atom is 0.254 e. The molecule has 0 heterocycles. The molecule has 1 aliphatic carbocycles. The van der Waals surface area contributed by atoms with E-state index in [9.17, 15) is 14.7 Å². The summed E-state index contributed by atoms with van der Waals surface area (Å²) in [4.78, 5) is 25.9. The van der Waals surface area contributed by atoms with E-state index in [-0.39, 0.29) is 24.3 Å². The van der Waals surface area contributed by atoms with Crippen LogP contribution in [0.15, 0.2) is 24.3 Å². The van der Waals surface area contributed by atoms with Crippen molar-refractivity contribution in [1.82, 2.24) is 4.90 Å².